The van der Waals surface area contributed by atoms with Gasteiger partial charge in [-0.25, -0.2) is 13.4 Å². The number of nitrogens with one attached hydrogen (secondary N) is 1. The van der Waals surface area contributed by atoms with Gasteiger partial charge in [-0.2, -0.15) is 4.31 Å². The van der Waals surface area contributed by atoms with E-state index in [0.717, 1.165) is 4.70 Å². The minimum atomic E-state index is -3.83. The molecule has 2 aromatic carbocycles. The third-order valence-electron chi connectivity index (χ3n) is 5.30. The van der Waals surface area contributed by atoms with Crippen LogP contribution in [0, 0.1) is 0 Å². The quantitative estimate of drug-likeness (QED) is 0.557. The van der Waals surface area contributed by atoms with Gasteiger partial charge >= 0.3 is 0 Å². The third-order valence-corrected chi connectivity index (χ3v) is 8.15. The SMILES string of the molecule is COc1ccc(S(=O)(=O)N2CCCC2C(=O)Nc2nc3cc(OC)c(OC)cc3s2)cc1. The van der Waals surface area contributed by atoms with E-state index in [4.69, 9.17) is 14.2 Å². The number of amides is 1. The van der Waals surface area contributed by atoms with Gasteiger partial charge in [-0.3, -0.25) is 4.79 Å². The van der Waals surface area contributed by atoms with Crippen LogP contribution in [0.4, 0.5) is 5.13 Å². The van der Waals surface area contributed by atoms with Crippen LogP contribution in [0.3, 0.4) is 0 Å². The number of anilines is 1. The highest BCUT2D eigenvalue weighted by Gasteiger charge is 2.39. The van der Waals surface area contributed by atoms with Crippen molar-refractivity contribution in [3.63, 3.8) is 0 Å². The van der Waals surface area contributed by atoms with Crippen LogP contribution in [0.2, 0.25) is 0 Å². The van der Waals surface area contributed by atoms with Crippen LogP contribution < -0.4 is 19.5 Å². The molecule has 0 aliphatic carbocycles. The summed E-state index contributed by atoms with van der Waals surface area (Å²) in [6.45, 7) is 0.278. The molecule has 11 heteroatoms. The van der Waals surface area contributed by atoms with Gasteiger partial charge in [-0.15, -0.1) is 0 Å². The molecule has 1 aromatic heterocycles. The Balaban J connectivity index is 1.56. The van der Waals surface area contributed by atoms with Gasteiger partial charge in [-0.1, -0.05) is 11.3 Å². The third kappa shape index (κ3) is 4.10. The summed E-state index contributed by atoms with van der Waals surface area (Å²) >= 11 is 1.28. The number of hydrogen-bond donors (Lipinski definition) is 1. The lowest BCUT2D eigenvalue weighted by Gasteiger charge is -2.23. The van der Waals surface area contributed by atoms with E-state index < -0.39 is 22.0 Å². The molecular weight excluding hydrogens is 454 g/mol. The van der Waals surface area contributed by atoms with E-state index in [1.807, 2.05) is 0 Å². The van der Waals surface area contributed by atoms with E-state index in [9.17, 15) is 13.2 Å². The van der Waals surface area contributed by atoms with Gasteiger partial charge < -0.3 is 19.5 Å². The molecule has 1 fully saturated rings. The second kappa shape index (κ2) is 8.93. The Morgan fingerprint density at radius 2 is 1.78 bits per heavy atom. The van der Waals surface area contributed by atoms with Crippen LogP contribution in [-0.4, -0.2) is 57.5 Å². The monoisotopic (exact) mass is 477 g/mol. The van der Waals surface area contributed by atoms with E-state index >= 15 is 0 Å². The van der Waals surface area contributed by atoms with E-state index in [1.165, 1.54) is 42.0 Å². The summed E-state index contributed by atoms with van der Waals surface area (Å²) in [6.07, 6.45) is 1.04. The van der Waals surface area contributed by atoms with Crippen molar-refractivity contribution in [3.05, 3.63) is 36.4 Å². The highest BCUT2D eigenvalue weighted by Crippen LogP contribution is 2.36. The van der Waals surface area contributed by atoms with Gasteiger partial charge in [0.25, 0.3) is 0 Å². The zero-order chi connectivity index (χ0) is 22.9. The number of benzene rings is 2. The number of hydrogen-bond acceptors (Lipinski definition) is 8. The van der Waals surface area contributed by atoms with Gasteiger partial charge in [0, 0.05) is 18.7 Å². The van der Waals surface area contributed by atoms with E-state index in [-0.39, 0.29) is 11.4 Å². The standard InChI is InChI=1S/C21H23N3O6S2/c1-28-13-6-8-14(9-7-13)32(26,27)24-10-4-5-16(24)20(25)23-21-22-15-11-17(29-2)18(30-3)12-19(15)31-21/h6-9,11-12,16H,4-5,10H2,1-3H3,(H,22,23,25). The summed E-state index contributed by atoms with van der Waals surface area (Å²) in [6, 6.07) is 8.85. The number of aromatic nitrogens is 1. The molecule has 32 heavy (non-hydrogen) atoms. The van der Waals surface area contributed by atoms with Crippen LogP contribution in [0.15, 0.2) is 41.3 Å². The number of rotatable bonds is 7. The molecule has 0 bridgehead atoms. The first-order valence-corrected chi connectivity index (χ1v) is 12.1. The zero-order valence-corrected chi connectivity index (χ0v) is 19.5. The van der Waals surface area contributed by atoms with Crippen LogP contribution in [0.5, 0.6) is 17.2 Å². The molecule has 2 heterocycles. The smallest absolute Gasteiger partial charge is 0.244 e. The molecule has 170 valence electrons. The van der Waals surface area contributed by atoms with Gasteiger partial charge in [-0.05, 0) is 37.1 Å². The van der Waals surface area contributed by atoms with Crippen LogP contribution in [-0.2, 0) is 14.8 Å². The zero-order valence-electron chi connectivity index (χ0n) is 17.8. The molecule has 1 saturated heterocycles. The summed E-state index contributed by atoms with van der Waals surface area (Å²) in [5.74, 6) is 1.26. The molecule has 0 saturated carbocycles. The fourth-order valence-electron chi connectivity index (χ4n) is 3.67. The normalized spacial score (nSPS) is 16.8. The Morgan fingerprint density at radius 1 is 1.09 bits per heavy atom. The van der Waals surface area contributed by atoms with Crippen LogP contribution in [0.25, 0.3) is 10.2 Å². The molecular formula is C21H23N3O6S2. The Labute approximate surface area is 190 Å². The first-order valence-electron chi connectivity index (χ1n) is 9.86. The Kier molecular flexibility index (Phi) is 6.22. The first-order chi connectivity index (χ1) is 15.4. The maximum Gasteiger partial charge on any atom is 0.244 e. The van der Waals surface area contributed by atoms with Crippen LogP contribution >= 0.6 is 11.3 Å². The number of sulfonamides is 1. The van der Waals surface area contributed by atoms with Crippen molar-refractivity contribution in [2.75, 3.05) is 33.2 Å². The summed E-state index contributed by atoms with van der Waals surface area (Å²) in [5, 5.41) is 3.16. The molecule has 1 unspecified atom stereocenters. The van der Waals surface area contributed by atoms with Crippen molar-refractivity contribution in [2.45, 2.75) is 23.8 Å². The van der Waals surface area contributed by atoms with Crippen molar-refractivity contribution in [2.24, 2.45) is 0 Å². The van der Waals surface area contributed by atoms with Crippen molar-refractivity contribution < 1.29 is 27.4 Å². The second-order valence-corrected chi connectivity index (χ2v) is 10.1. The Morgan fingerprint density at radius 3 is 2.44 bits per heavy atom. The topological polar surface area (TPSA) is 107 Å². The van der Waals surface area contributed by atoms with Gasteiger partial charge in [0.15, 0.2) is 16.6 Å². The number of nitrogens with zero attached hydrogens (tertiary/aromatic N) is 2. The lowest BCUT2D eigenvalue weighted by Crippen LogP contribution is -2.43. The predicted molar refractivity (Wildman–Crippen MR) is 121 cm³/mol. The Hall–Kier alpha value is -2.89. The largest absolute Gasteiger partial charge is 0.497 e. The maximum absolute atomic E-state index is 13.1. The predicted octanol–water partition coefficient (Wildman–Crippen LogP) is 3.11. The molecule has 3 aromatic rings. The molecule has 0 radical (unpaired) electrons. The number of carbonyl (C=O) groups is 1. The van der Waals surface area contributed by atoms with E-state index in [1.54, 1.807) is 31.4 Å². The summed E-state index contributed by atoms with van der Waals surface area (Å²) < 4.78 is 44.1. The number of carbonyl (C=O) groups excluding carboxylic acids is 1. The van der Waals surface area contributed by atoms with Crippen molar-refractivity contribution in [1.29, 1.82) is 0 Å². The lowest BCUT2D eigenvalue weighted by molar-refractivity contribution is -0.119. The van der Waals surface area contributed by atoms with Crippen molar-refractivity contribution >= 4 is 42.6 Å². The summed E-state index contributed by atoms with van der Waals surface area (Å²) in [7, 11) is 0.772. The number of fused-ring (bicyclic) bond motifs is 1. The van der Waals surface area contributed by atoms with Gasteiger partial charge in [0.1, 0.15) is 11.8 Å². The average Bonchev–Trinajstić information content (AvgIpc) is 3.45. The average molecular weight is 478 g/mol. The minimum Gasteiger partial charge on any atom is -0.497 e. The minimum absolute atomic E-state index is 0.122. The number of ether oxygens (including phenoxy) is 3. The molecule has 9 nitrogen and oxygen atoms in total. The fourth-order valence-corrected chi connectivity index (χ4v) is 6.21. The molecule has 1 aliphatic heterocycles. The number of thiazole rings is 1. The highest BCUT2D eigenvalue weighted by molar-refractivity contribution is 7.89. The van der Waals surface area contributed by atoms with E-state index in [2.05, 4.69) is 10.3 Å². The lowest BCUT2D eigenvalue weighted by atomic mass is 10.2. The second-order valence-electron chi connectivity index (χ2n) is 7.13. The van der Waals surface area contributed by atoms with Crippen molar-refractivity contribution in [1.82, 2.24) is 9.29 Å². The van der Waals surface area contributed by atoms with E-state index in [0.29, 0.717) is 40.7 Å². The number of methoxy groups -OCH3 is 3. The van der Waals surface area contributed by atoms with Gasteiger partial charge in [0.05, 0.1) is 36.4 Å². The Bertz CT molecular complexity index is 1200. The molecule has 1 amide bonds. The summed E-state index contributed by atoms with van der Waals surface area (Å²) in [4.78, 5) is 17.6. The molecule has 1 aliphatic rings. The first kappa shape index (κ1) is 22.3. The van der Waals surface area contributed by atoms with Crippen molar-refractivity contribution in [3.8, 4) is 17.2 Å². The van der Waals surface area contributed by atoms with Gasteiger partial charge in [0.2, 0.25) is 15.9 Å². The molecule has 0 spiro atoms. The summed E-state index contributed by atoms with van der Waals surface area (Å²) in [5.41, 5.74) is 0.650. The molecule has 4 rings (SSSR count). The maximum atomic E-state index is 13.1. The molecule has 1 atom stereocenters. The fraction of sp³-hybridized carbons (Fsp3) is 0.333. The molecule has 1 N–H and O–H groups in total. The van der Waals surface area contributed by atoms with Crippen LogP contribution in [0.1, 0.15) is 12.8 Å². The highest BCUT2D eigenvalue weighted by atomic mass is 32.2.